The maximum Gasteiger partial charge on any atom is 0.365 e. The van der Waals surface area contributed by atoms with Crippen LogP contribution in [-0.4, -0.2) is 33.9 Å². The second kappa shape index (κ2) is 2.87. The number of hydrogen-bond donors (Lipinski definition) is 3. The van der Waals surface area contributed by atoms with Crippen LogP contribution in [0.25, 0.3) is 0 Å². The van der Waals surface area contributed by atoms with Crippen molar-refractivity contribution < 1.29 is 32.7 Å². The van der Waals surface area contributed by atoms with Crippen molar-refractivity contribution >= 4 is 5.97 Å². The normalized spacial score (nSPS) is 44.1. The number of carboxylic acid groups (broad SMARTS) is 1. The van der Waals surface area contributed by atoms with E-state index in [1.54, 1.807) is 0 Å². The number of fused-ring (bicyclic) bond motifs is 2. The summed E-state index contributed by atoms with van der Waals surface area (Å²) in [5.41, 5.74) is -0.677. The van der Waals surface area contributed by atoms with Gasteiger partial charge in [0.1, 0.15) is 12.1 Å². The number of nitrogens with two attached hydrogens (primary N) is 1. The van der Waals surface area contributed by atoms with Crippen molar-refractivity contribution in [2.45, 2.75) is 36.9 Å². The third kappa shape index (κ3) is 1.11. The van der Waals surface area contributed by atoms with E-state index < -0.39 is 17.6 Å². The molecule has 0 aliphatic carbocycles. The Kier molecular flexibility index (Phi) is 2.33. The van der Waals surface area contributed by atoms with Crippen LogP contribution in [0.2, 0.25) is 0 Å². The first-order valence-corrected chi connectivity index (χ1v) is 3.91. The number of aliphatic carboxylic acids is 1. The number of aliphatic hydroxyl groups is 1. The second-order valence-corrected chi connectivity index (χ2v) is 3.60. The van der Waals surface area contributed by atoms with Gasteiger partial charge in [-0.25, -0.2) is 4.79 Å². The molecule has 0 aromatic heterocycles. The number of quaternary nitrogens is 1. The van der Waals surface area contributed by atoms with Gasteiger partial charge < -0.3 is 27.9 Å². The second-order valence-electron chi connectivity index (χ2n) is 3.60. The molecule has 0 radical (unpaired) electrons. The summed E-state index contributed by atoms with van der Waals surface area (Å²) in [5, 5.41) is 20.0. The van der Waals surface area contributed by atoms with Gasteiger partial charge in [0.2, 0.25) is 0 Å². The Morgan fingerprint density at radius 3 is 2.50 bits per heavy atom. The van der Waals surface area contributed by atoms with Gasteiger partial charge in [0.15, 0.2) is 5.54 Å². The molecule has 4 N–H and O–H groups in total. The molecule has 3 atom stereocenters. The standard InChI is InChI=1S/C7H11NO3.ClH/c9-5-3-7(6(10)11)2-1-4(5)8-7;/h4-5,8-9H,1-3H2,(H,10,11);1H/t4-,5+,7+;/m1./s1. The molecule has 2 aliphatic heterocycles. The molecule has 0 aromatic rings. The lowest BCUT2D eigenvalue weighted by Gasteiger charge is -2.16. The molecular formula is C7H12ClNO3. The molecule has 2 bridgehead atoms. The molecule has 0 spiro atoms. The predicted molar refractivity (Wildman–Crippen MR) is 35.9 cm³/mol. The van der Waals surface area contributed by atoms with Gasteiger partial charge in [-0.3, -0.25) is 0 Å². The van der Waals surface area contributed by atoms with E-state index in [1.165, 1.54) is 0 Å². The quantitative estimate of drug-likeness (QED) is 0.392. The lowest BCUT2D eigenvalue weighted by atomic mass is 9.86. The SMILES string of the molecule is O=C(O)[C@@]12CC[C@@H]([NH2+]1)[C@@H](O)C2.[Cl-]. The van der Waals surface area contributed by atoms with Gasteiger partial charge in [0, 0.05) is 19.3 Å². The summed E-state index contributed by atoms with van der Waals surface area (Å²) >= 11 is 0. The smallest absolute Gasteiger partial charge is 0.365 e. The first-order chi connectivity index (χ1) is 5.14. The zero-order chi connectivity index (χ0) is 8.06. The topological polar surface area (TPSA) is 74.1 Å². The molecule has 2 aliphatic rings. The fourth-order valence-electron chi connectivity index (χ4n) is 2.26. The molecule has 0 amide bonds. The summed E-state index contributed by atoms with van der Waals surface area (Å²) in [5.74, 6) is -0.767. The summed E-state index contributed by atoms with van der Waals surface area (Å²) in [6.45, 7) is 0. The largest absolute Gasteiger partial charge is 1.00 e. The van der Waals surface area contributed by atoms with Gasteiger partial charge in [0.25, 0.3) is 0 Å². The van der Waals surface area contributed by atoms with E-state index in [0.717, 1.165) is 6.42 Å². The zero-order valence-electron chi connectivity index (χ0n) is 6.53. The maximum absolute atomic E-state index is 10.8. The Balaban J connectivity index is 0.000000720. The fourth-order valence-corrected chi connectivity index (χ4v) is 2.26. The molecule has 0 unspecified atom stereocenters. The summed E-state index contributed by atoms with van der Waals surface area (Å²) in [6.07, 6.45) is 1.57. The molecular weight excluding hydrogens is 182 g/mol. The monoisotopic (exact) mass is 193 g/mol. The predicted octanol–water partition coefficient (Wildman–Crippen LogP) is -4.70. The van der Waals surface area contributed by atoms with Crippen molar-refractivity contribution in [3.63, 3.8) is 0 Å². The molecule has 2 fully saturated rings. The van der Waals surface area contributed by atoms with Crippen LogP contribution in [0.1, 0.15) is 19.3 Å². The van der Waals surface area contributed by atoms with Crippen molar-refractivity contribution in [2.24, 2.45) is 0 Å². The minimum atomic E-state index is -0.767. The number of carboxylic acids is 1. The van der Waals surface area contributed by atoms with Crippen molar-refractivity contribution in [2.75, 3.05) is 0 Å². The molecule has 2 heterocycles. The molecule has 0 aromatic carbocycles. The highest BCUT2D eigenvalue weighted by atomic mass is 35.5. The van der Waals surface area contributed by atoms with Crippen LogP contribution in [0.15, 0.2) is 0 Å². The summed E-state index contributed by atoms with van der Waals surface area (Å²) in [6, 6.07) is 0.145. The number of aliphatic hydroxyl groups excluding tert-OH is 1. The van der Waals surface area contributed by atoms with E-state index in [4.69, 9.17) is 5.11 Å². The van der Waals surface area contributed by atoms with Gasteiger partial charge in [-0.15, -0.1) is 0 Å². The summed E-state index contributed by atoms with van der Waals surface area (Å²) in [4.78, 5) is 10.8. The van der Waals surface area contributed by atoms with Crippen LogP contribution in [0.5, 0.6) is 0 Å². The lowest BCUT2D eigenvalue weighted by molar-refractivity contribution is -0.706. The molecule has 70 valence electrons. The van der Waals surface area contributed by atoms with Crippen LogP contribution in [0.4, 0.5) is 0 Å². The van der Waals surface area contributed by atoms with E-state index in [0.29, 0.717) is 12.8 Å². The van der Waals surface area contributed by atoms with E-state index in [2.05, 4.69) is 0 Å². The highest BCUT2D eigenvalue weighted by molar-refractivity contribution is 5.77. The Morgan fingerprint density at radius 2 is 2.25 bits per heavy atom. The van der Waals surface area contributed by atoms with Crippen molar-refractivity contribution in [3.05, 3.63) is 0 Å². The Hall–Kier alpha value is -0.320. The lowest BCUT2D eigenvalue weighted by Crippen LogP contribution is -3.00. The highest BCUT2D eigenvalue weighted by Crippen LogP contribution is 2.31. The van der Waals surface area contributed by atoms with E-state index in [1.807, 2.05) is 5.32 Å². The summed E-state index contributed by atoms with van der Waals surface area (Å²) in [7, 11) is 0. The Labute approximate surface area is 76.4 Å². The zero-order valence-corrected chi connectivity index (χ0v) is 7.29. The van der Waals surface area contributed by atoms with Gasteiger partial charge in [-0.1, -0.05) is 0 Å². The number of hydrogen-bond acceptors (Lipinski definition) is 2. The van der Waals surface area contributed by atoms with Gasteiger partial charge in [-0.2, -0.15) is 0 Å². The van der Waals surface area contributed by atoms with E-state index >= 15 is 0 Å². The minimum absolute atomic E-state index is 0. The maximum atomic E-state index is 10.8. The van der Waals surface area contributed by atoms with E-state index in [9.17, 15) is 9.90 Å². The van der Waals surface area contributed by atoms with Crippen molar-refractivity contribution in [1.82, 2.24) is 0 Å². The van der Waals surface area contributed by atoms with Crippen LogP contribution < -0.4 is 17.7 Å². The Morgan fingerprint density at radius 1 is 1.58 bits per heavy atom. The van der Waals surface area contributed by atoms with Gasteiger partial charge in [-0.05, 0) is 0 Å². The van der Waals surface area contributed by atoms with Crippen LogP contribution >= 0.6 is 0 Å². The first kappa shape index (κ1) is 9.77. The van der Waals surface area contributed by atoms with Crippen LogP contribution in [0.3, 0.4) is 0 Å². The third-order valence-electron chi connectivity index (χ3n) is 2.95. The molecule has 2 rings (SSSR count). The Bertz CT molecular complexity index is 207. The molecule has 0 saturated carbocycles. The number of rotatable bonds is 1. The van der Waals surface area contributed by atoms with Crippen molar-refractivity contribution in [1.29, 1.82) is 0 Å². The van der Waals surface area contributed by atoms with Crippen LogP contribution in [0, 0.1) is 0 Å². The number of halogens is 1. The van der Waals surface area contributed by atoms with Crippen molar-refractivity contribution in [3.8, 4) is 0 Å². The average molecular weight is 194 g/mol. The fraction of sp³-hybridized carbons (Fsp3) is 0.857. The molecule has 2 saturated heterocycles. The van der Waals surface area contributed by atoms with Gasteiger partial charge in [0.05, 0.1) is 0 Å². The van der Waals surface area contributed by atoms with Crippen LogP contribution in [-0.2, 0) is 4.79 Å². The van der Waals surface area contributed by atoms with E-state index in [-0.39, 0.29) is 18.4 Å². The third-order valence-corrected chi connectivity index (χ3v) is 2.95. The average Bonchev–Trinajstić information content (AvgIpc) is 2.44. The summed E-state index contributed by atoms with van der Waals surface area (Å²) < 4.78 is 0. The first-order valence-electron chi connectivity index (χ1n) is 3.91. The number of carbonyl (C=O) groups is 1. The molecule has 4 nitrogen and oxygen atoms in total. The minimum Gasteiger partial charge on any atom is -1.00 e. The molecule has 5 heteroatoms. The highest BCUT2D eigenvalue weighted by Gasteiger charge is 2.59. The molecule has 12 heavy (non-hydrogen) atoms. The van der Waals surface area contributed by atoms with Gasteiger partial charge >= 0.3 is 5.97 Å².